The van der Waals surface area contributed by atoms with Gasteiger partial charge in [0.05, 0.1) is 11.9 Å². The lowest BCUT2D eigenvalue weighted by Gasteiger charge is -2.33. The molecule has 0 radical (unpaired) electrons. The number of carbonyl (C=O) groups is 2. The van der Waals surface area contributed by atoms with Crippen molar-refractivity contribution in [3.8, 4) is 0 Å². The molecule has 0 aliphatic heterocycles. The standard InChI is InChI=1S/C29H34ClN3O4S/c1-22(2)19-31-29(35)27(17-23-11-6-4-7-12-23)32(20-24-13-8-5-9-14-24)28(34)21-33(38(3,36)37)26-16-10-15-25(30)18-26/h4-16,18,22,27H,17,19-21H2,1-3H3,(H,31,35)/t27-/m1/s1. The van der Waals surface area contributed by atoms with Gasteiger partial charge < -0.3 is 10.2 Å². The second kappa shape index (κ2) is 13.4. The summed E-state index contributed by atoms with van der Waals surface area (Å²) in [4.78, 5) is 28.9. The highest BCUT2D eigenvalue weighted by atomic mass is 35.5. The van der Waals surface area contributed by atoms with E-state index in [1.54, 1.807) is 18.2 Å². The van der Waals surface area contributed by atoms with Crippen molar-refractivity contribution in [2.75, 3.05) is 23.7 Å². The van der Waals surface area contributed by atoms with E-state index < -0.39 is 28.5 Å². The van der Waals surface area contributed by atoms with Crippen molar-refractivity contribution < 1.29 is 18.0 Å². The SMILES string of the molecule is CC(C)CNC(=O)[C@@H](Cc1ccccc1)N(Cc1ccccc1)C(=O)CN(c1cccc(Cl)c1)S(C)(=O)=O. The number of hydrogen-bond donors (Lipinski definition) is 1. The first kappa shape index (κ1) is 29.2. The molecule has 0 spiro atoms. The van der Waals surface area contributed by atoms with E-state index in [0.29, 0.717) is 11.6 Å². The number of nitrogens with one attached hydrogen (secondary N) is 1. The van der Waals surface area contributed by atoms with Gasteiger partial charge in [-0.05, 0) is 35.2 Å². The lowest BCUT2D eigenvalue weighted by Crippen LogP contribution is -2.53. The molecule has 0 saturated carbocycles. The molecule has 1 atom stereocenters. The molecule has 3 aromatic rings. The van der Waals surface area contributed by atoms with Crippen LogP contribution in [0.4, 0.5) is 5.69 Å². The van der Waals surface area contributed by atoms with Gasteiger partial charge in [-0.25, -0.2) is 8.42 Å². The Morgan fingerprint density at radius 1 is 0.895 bits per heavy atom. The topological polar surface area (TPSA) is 86.8 Å². The van der Waals surface area contributed by atoms with Crippen molar-refractivity contribution in [2.24, 2.45) is 5.92 Å². The quantitative estimate of drug-likeness (QED) is 0.356. The van der Waals surface area contributed by atoms with Gasteiger partial charge in [-0.15, -0.1) is 0 Å². The van der Waals surface area contributed by atoms with Crippen LogP contribution in [0.2, 0.25) is 5.02 Å². The summed E-state index contributed by atoms with van der Waals surface area (Å²) in [5, 5.41) is 3.31. The summed E-state index contributed by atoms with van der Waals surface area (Å²) in [5.74, 6) is -0.571. The van der Waals surface area contributed by atoms with Crippen LogP contribution in [-0.2, 0) is 32.6 Å². The van der Waals surface area contributed by atoms with Crippen molar-refractivity contribution in [3.05, 3.63) is 101 Å². The van der Waals surface area contributed by atoms with Gasteiger partial charge in [0.15, 0.2) is 0 Å². The number of halogens is 1. The van der Waals surface area contributed by atoms with Gasteiger partial charge in [0.1, 0.15) is 12.6 Å². The molecule has 9 heteroatoms. The molecule has 2 amide bonds. The van der Waals surface area contributed by atoms with Crippen molar-refractivity contribution in [1.29, 1.82) is 0 Å². The summed E-state index contributed by atoms with van der Waals surface area (Å²) in [5.41, 5.74) is 1.99. The number of anilines is 1. The number of carbonyl (C=O) groups excluding carboxylic acids is 2. The van der Waals surface area contributed by atoms with E-state index in [0.717, 1.165) is 21.7 Å². The molecule has 0 heterocycles. The van der Waals surface area contributed by atoms with Gasteiger partial charge in [-0.1, -0.05) is 92.2 Å². The van der Waals surface area contributed by atoms with Crippen LogP contribution in [0.3, 0.4) is 0 Å². The highest BCUT2D eigenvalue weighted by Gasteiger charge is 2.33. The van der Waals surface area contributed by atoms with Crippen molar-refractivity contribution in [2.45, 2.75) is 32.9 Å². The first-order valence-electron chi connectivity index (χ1n) is 12.4. The molecule has 202 valence electrons. The van der Waals surface area contributed by atoms with E-state index in [-0.39, 0.29) is 30.5 Å². The minimum atomic E-state index is -3.84. The number of sulfonamides is 1. The van der Waals surface area contributed by atoms with Gasteiger partial charge >= 0.3 is 0 Å². The van der Waals surface area contributed by atoms with Gasteiger partial charge in [0, 0.05) is 24.5 Å². The predicted molar refractivity (Wildman–Crippen MR) is 152 cm³/mol. The second-order valence-electron chi connectivity index (χ2n) is 9.60. The van der Waals surface area contributed by atoms with Crippen molar-refractivity contribution in [1.82, 2.24) is 10.2 Å². The van der Waals surface area contributed by atoms with E-state index in [4.69, 9.17) is 11.6 Å². The van der Waals surface area contributed by atoms with Gasteiger partial charge in [-0.2, -0.15) is 0 Å². The molecule has 0 aliphatic rings. The van der Waals surface area contributed by atoms with Crippen LogP contribution in [0.15, 0.2) is 84.9 Å². The summed E-state index contributed by atoms with van der Waals surface area (Å²) in [6, 6.07) is 24.3. The number of hydrogen-bond acceptors (Lipinski definition) is 4. The van der Waals surface area contributed by atoms with Crippen LogP contribution in [0.1, 0.15) is 25.0 Å². The molecule has 0 bridgehead atoms. The molecule has 0 saturated heterocycles. The van der Waals surface area contributed by atoms with Crippen LogP contribution in [0.5, 0.6) is 0 Å². The van der Waals surface area contributed by atoms with Crippen LogP contribution < -0.4 is 9.62 Å². The van der Waals surface area contributed by atoms with E-state index in [2.05, 4.69) is 5.32 Å². The number of benzene rings is 3. The Morgan fingerprint density at radius 3 is 2.05 bits per heavy atom. The number of nitrogens with zero attached hydrogens (tertiary/aromatic N) is 2. The van der Waals surface area contributed by atoms with Gasteiger partial charge in [-0.3, -0.25) is 13.9 Å². The Labute approximate surface area is 230 Å². The van der Waals surface area contributed by atoms with E-state index in [1.165, 1.54) is 11.0 Å². The molecular weight excluding hydrogens is 522 g/mol. The Hall–Kier alpha value is -3.36. The Kier molecular flexibility index (Phi) is 10.3. The molecule has 7 nitrogen and oxygen atoms in total. The second-order valence-corrected chi connectivity index (χ2v) is 11.9. The third kappa shape index (κ3) is 8.60. The van der Waals surface area contributed by atoms with Crippen LogP contribution in [0.25, 0.3) is 0 Å². The van der Waals surface area contributed by atoms with E-state index in [9.17, 15) is 18.0 Å². The fourth-order valence-electron chi connectivity index (χ4n) is 4.00. The molecule has 3 aromatic carbocycles. The van der Waals surface area contributed by atoms with Crippen molar-refractivity contribution >= 4 is 39.1 Å². The molecule has 38 heavy (non-hydrogen) atoms. The normalized spacial score (nSPS) is 12.1. The zero-order valence-corrected chi connectivity index (χ0v) is 23.5. The summed E-state index contributed by atoms with van der Waals surface area (Å²) in [7, 11) is -3.84. The fraction of sp³-hybridized carbons (Fsp3) is 0.310. The third-order valence-electron chi connectivity index (χ3n) is 5.93. The minimum Gasteiger partial charge on any atom is -0.354 e. The number of rotatable bonds is 12. The van der Waals surface area contributed by atoms with Gasteiger partial charge in [0.25, 0.3) is 0 Å². The molecule has 1 N–H and O–H groups in total. The summed E-state index contributed by atoms with van der Waals surface area (Å²) >= 11 is 6.12. The van der Waals surface area contributed by atoms with E-state index >= 15 is 0 Å². The maximum absolute atomic E-state index is 13.9. The monoisotopic (exact) mass is 555 g/mol. The van der Waals surface area contributed by atoms with Crippen LogP contribution in [0, 0.1) is 5.92 Å². The first-order chi connectivity index (χ1) is 18.0. The smallest absolute Gasteiger partial charge is 0.244 e. The zero-order chi connectivity index (χ0) is 27.7. The zero-order valence-electron chi connectivity index (χ0n) is 21.9. The summed E-state index contributed by atoms with van der Waals surface area (Å²) < 4.78 is 26.5. The Balaban J connectivity index is 2.02. The third-order valence-corrected chi connectivity index (χ3v) is 7.30. The summed E-state index contributed by atoms with van der Waals surface area (Å²) in [6.45, 7) is 4.10. The highest BCUT2D eigenvalue weighted by Crippen LogP contribution is 2.23. The minimum absolute atomic E-state index is 0.138. The molecule has 0 fully saturated rings. The van der Waals surface area contributed by atoms with Gasteiger partial charge in [0.2, 0.25) is 21.8 Å². The molecule has 0 unspecified atom stereocenters. The molecule has 0 aromatic heterocycles. The molecule has 3 rings (SSSR count). The van der Waals surface area contributed by atoms with Crippen LogP contribution in [-0.4, -0.2) is 50.5 Å². The number of amides is 2. The maximum atomic E-state index is 13.9. The molecular formula is C29H34ClN3O4S. The largest absolute Gasteiger partial charge is 0.354 e. The highest BCUT2D eigenvalue weighted by molar-refractivity contribution is 7.92. The predicted octanol–water partition coefficient (Wildman–Crippen LogP) is 4.52. The lowest BCUT2D eigenvalue weighted by atomic mass is 10.0. The average Bonchev–Trinajstić information content (AvgIpc) is 2.88. The van der Waals surface area contributed by atoms with E-state index in [1.807, 2.05) is 74.5 Å². The Bertz CT molecular complexity index is 1320. The Morgan fingerprint density at radius 2 is 1.50 bits per heavy atom. The van der Waals surface area contributed by atoms with Crippen molar-refractivity contribution in [3.63, 3.8) is 0 Å². The maximum Gasteiger partial charge on any atom is 0.244 e. The fourth-order valence-corrected chi connectivity index (χ4v) is 5.03. The summed E-state index contributed by atoms with van der Waals surface area (Å²) in [6.07, 6.45) is 1.32. The molecule has 0 aliphatic carbocycles. The first-order valence-corrected chi connectivity index (χ1v) is 14.7. The van der Waals surface area contributed by atoms with Crippen LogP contribution >= 0.6 is 11.6 Å². The lowest BCUT2D eigenvalue weighted by molar-refractivity contribution is -0.140. The average molecular weight is 556 g/mol.